The van der Waals surface area contributed by atoms with Crippen molar-refractivity contribution in [3.05, 3.63) is 12.2 Å². The monoisotopic (exact) mass is 224 g/mol. The Hall–Kier alpha value is -0.990. The van der Waals surface area contributed by atoms with Crippen LogP contribution in [0.25, 0.3) is 0 Å². The van der Waals surface area contributed by atoms with Gasteiger partial charge >= 0.3 is 6.03 Å². The van der Waals surface area contributed by atoms with E-state index in [2.05, 4.69) is 12.2 Å². The van der Waals surface area contributed by atoms with Crippen molar-refractivity contribution in [2.45, 2.75) is 39.2 Å². The molecule has 0 heterocycles. The third-order valence-electron chi connectivity index (χ3n) is 3.31. The van der Waals surface area contributed by atoms with E-state index in [4.69, 9.17) is 0 Å². The molecule has 0 fully saturated rings. The Kier molecular flexibility index (Phi) is 4.84. The Morgan fingerprint density at radius 2 is 2.06 bits per heavy atom. The third-order valence-corrected chi connectivity index (χ3v) is 3.31. The second kappa shape index (κ2) is 5.92. The van der Waals surface area contributed by atoms with E-state index in [0.29, 0.717) is 5.92 Å². The smallest absolute Gasteiger partial charge is 0.319 e. The van der Waals surface area contributed by atoms with Gasteiger partial charge in [-0.15, -0.1) is 0 Å². The van der Waals surface area contributed by atoms with E-state index in [0.717, 1.165) is 19.4 Å². The van der Waals surface area contributed by atoms with E-state index in [1.54, 1.807) is 4.90 Å². The zero-order valence-electron chi connectivity index (χ0n) is 10.9. The molecule has 1 aliphatic rings. The van der Waals surface area contributed by atoms with Crippen molar-refractivity contribution in [1.82, 2.24) is 9.80 Å². The number of hydrogen-bond acceptors (Lipinski definition) is 1. The van der Waals surface area contributed by atoms with Crippen molar-refractivity contribution >= 4 is 6.03 Å². The van der Waals surface area contributed by atoms with Crippen LogP contribution in [0.2, 0.25) is 0 Å². The van der Waals surface area contributed by atoms with Gasteiger partial charge in [-0.05, 0) is 39.0 Å². The lowest BCUT2D eigenvalue weighted by Crippen LogP contribution is -2.44. The Morgan fingerprint density at radius 1 is 1.38 bits per heavy atom. The predicted molar refractivity (Wildman–Crippen MR) is 67.4 cm³/mol. The second-order valence-electron chi connectivity index (χ2n) is 5.02. The Balaban J connectivity index is 2.41. The van der Waals surface area contributed by atoms with Crippen LogP contribution in [-0.4, -0.2) is 42.5 Å². The van der Waals surface area contributed by atoms with Gasteiger partial charge in [-0.25, -0.2) is 4.79 Å². The molecule has 3 heteroatoms. The molecule has 0 aromatic rings. The van der Waals surface area contributed by atoms with E-state index in [9.17, 15) is 4.79 Å². The van der Waals surface area contributed by atoms with Crippen molar-refractivity contribution in [1.29, 1.82) is 0 Å². The highest BCUT2D eigenvalue weighted by Crippen LogP contribution is 2.19. The summed E-state index contributed by atoms with van der Waals surface area (Å²) >= 11 is 0. The molecule has 0 aromatic carbocycles. The Labute approximate surface area is 99.1 Å². The fourth-order valence-electron chi connectivity index (χ4n) is 1.98. The lowest BCUT2D eigenvalue weighted by molar-refractivity contribution is 0.154. The van der Waals surface area contributed by atoms with Gasteiger partial charge in [0.2, 0.25) is 0 Å². The average Bonchev–Trinajstić information content (AvgIpc) is 2.28. The lowest BCUT2D eigenvalue weighted by atomic mass is 9.94. The normalized spacial score (nSPS) is 19.9. The van der Waals surface area contributed by atoms with E-state index in [-0.39, 0.29) is 12.1 Å². The molecule has 1 rings (SSSR count). The molecule has 3 nitrogen and oxygen atoms in total. The molecule has 92 valence electrons. The summed E-state index contributed by atoms with van der Waals surface area (Å²) in [5.41, 5.74) is 0. The molecule has 0 saturated heterocycles. The molecule has 0 spiro atoms. The molecule has 0 radical (unpaired) electrons. The quantitative estimate of drug-likeness (QED) is 0.676. The summed E-state index contributed by atoms with van der Waals surface area (Å²) in [5, 5.41) is 0. The fraction of sp³-hybridized carbons (Fsp3) is 0.769. The number of carbonyl (C=O) groups is 1. The molecule has 0 aromatic heterocycles. The Bertz CT molecular complexity index is 261. The molecule has 0 saturated carbocycles. The summed E-state index contributed by atoms with van der Waals surface area (Å²) in [6.07, 6.45) is 7.95. The second-order valence-corrected chi connectivity index (χ2v) is 5.02. The minimum atomic E-state index is 0.129. The number of rotatable bonds is 3. The molecule has 0 aliphatic heterocycles. The SMILES string of the molecule is CC(C)N(C)C(=O)N(C)C[C@H]1CC=CCC1. The highest BCUT2D eigenvalue weighted by atomic mass is 16.2. The first-order valence-electron chi connectivity index (χ1n) is 6.15. The molecular formula is C13H24N2O. The molecule has 2 amide bonds. The molecule has 16 heavy (non-hydrogen) atoms. The minimum absolute atomic E-state index is 0.129. The molecular weight excluding hydrogens is 200 g/mol. The van der Waals surface area contributed by atoms with Gasteiger partial charge in [-0.1, -0.05) is 12.2 Å². The number of urea groups is 1. The first-order chi connectivity index (χ1) is 7.52. The maximum atomic E-state index is 12.0. The summed E-state index contributed by atoms with van der Waals surface area (Å²) in [6, 6.07) is 0.394. The largest absolute Gasteiger partial charge is 0.327 e. The fourth-order valence-corrected chi connectivity index (χ4v) is 1.98. The van der Waals surface area contributed by atoms with Crippen LogP contribution in [-0.2, 0) is 0 Å². The van der Waals surface area contributed by atoms with Gasteiger partial charge in [0.05, 0.1) is 0 Å². The van der Waals surface area contributed by atoms with Crippen molar-refractivity contribution in [3.63, 3.8) is 0 Å². The minimum Gasteiger partial charge on any atom is -0.327 e. The topological polar surface area (TPSA) is 23.6 Å². The number of carbonyl (C=O) groups excluding carboxylic acids is 1. The number of nitrogens with zero attached hydrogens (tertiary/aromatic N) is 2. The van der Waals surface area contributed by atoms with Gasteiger partial charge in [0.1, 0.15) is 0 Å². The summed E-state index contributed by atoms with van der Waals surface area (Å²) in [5.74, 6) is 0.638. The molecule has 0 unspecified atom stereocenters. The van der Waals surface area contributed by atoms with Crippen molar-refractivity contribution in [2.75, 3.05) is 20.6 Å². The molecule has 0 bridgehead atoms. The maximum absolute atomic E-state index is 12.0. The van der Waals surface area contributed by atoms with E-state index >= 15 is 0 Å². The van der Waals surface area contributed by atoms with Gasteiger partial charge in [0.15, 0.2) is 0 Å². The summed E-state index contributed by atoms with van der Waals surface area (Å²) in [7, 11) is 3.77. The maximum Gasteiger partial charge on any atom is 0.319 e. The predicted octanol–water partition coefficient (Wildman–Crippen LogP) is 2.73. The van der Waals surface area contributed by atoms with Crippen molar-refractivity contribution in [3.8, 4) is 0 Å². The first-order valence-corrected chi connectivity index (χ1v) is 6.15. The summed E-state index contributed by atoms with van der Waals surface area (Å²) in [4.78, 5) is 15.6. The van der Waals surface area contributed by atoms with Crippen molar-refractivity contribution in [2.24, 2.45) is 5.92 Å². The first kappa shape index (κ1) is 13.1. The number of allylic oxidation sites excluding steroid dienone is 2. The molecule has 1 aliphatic carbocycles. The van der Waals surface area contributed by atoms with Gasteiger partial charge in [-0.2, -0.15) is 0 Å². The van der Waals surface area contributed by atoms with E-state index < -0.39 is 0 Å². The van der Waals surface area contributed by atoms with Crippen LogP contribution in [0.3, 0.4) is 0 Å². The molecule has 0 N–H and O–H groups in total. The van der Waals surface area contributed by atoms with Crippen LogP contribution in [0.5, 0.6) is 0 Å². The van der Waals surface area contributed by atoms with Gasteiger partial charge in [0, 0.05) is 26.7 Å². The molecule has 1 atom stereocenters. The summed E-state index contributed by atoms with van der Waals surface area (Å²) < 4.78 is 0. The van der Waals surface area contributed by atoms with E-state index in [1.807, 2.05) is 32.8 Å². The zero-order valence-corrected chi connectivity index (χ0v) is 10.9. The average molecular weight is 224 g/mol. The summed E-state index contributed by atoms with van der Waals surface area (Å²) in [6.45, 7) is 4.95. The van der Waals surface area contributed by atoms with Crippen LogP contribution in [0.15, 0.2) is 12.2 Å². The van der Waals surface area contributed by atoms with Crippen LogP contribution in [0, 0.1) is 5.92 Å². The third kappa shape index (κ3) is 3.54. The standard InChI is InChI=1S/C13H24N2O/c1-11(2)15(4)13(16)14(3)10-12-8-6-5-7-9-12/h5-6,11-12H,7-10H2,1-4H3/t12-/m0/s1. The van der Waals surface area contributed by atoms with Gasteiger partial charge in [-0.3, -0.25) is 0 Å². The van der Waals surface area contributed by atoms with E-state index in [1.165, 1.54) is 6.42 Å². The number of amides is 2. The van der Waals surface area contributed by atoms with Crippen LogP contribution in [0.1, 0.15) is 33.1 Å². The Morgan fingerprint density at radius 3 is 2.56 bits per heavy atom. The van der Waals surface area contributed by atoms with Crippen LogP contribution < -0.4 is 0 Å². The highest BCUT2D eigenvalue weighted by molar-refractivity contribution is 5.74. The van der Waals surface area contributed by atoms with Crippen LogP contribution in [0.4, 0.5) is 4.79 Å². The van der Waals surface area contributed by atoms with Gasteiger partial charge in [0.25, 0.3) is 0 Å². The lowest BCUT2D eigenvalue weighted by Gasteiger charge is -2.30. The number of hydrogen-bond donors (Lipinski definition) is 0. The van der Waals surface area contributed by atoms with Crippen LogP contribution >= 0.6 is 0 Å². The van der Waals surface area contributed by atoms with Crippen molar-refractivity contribution < 1.29 is 4.79 Å². The zero-order chi connectivity index (χ0) is 12.1. The highest BCUT2D eigenvalue weighted by Gasteiger charge is 2.20. The van der Waals surface area contributed by atoms with Gasteiger partial charge < -0.3 is 9.80 Å².